The summed E-state index contributed by atoms with van der Waals surface area (Å²) >= 11 is 0. The van der Waals surface area contributed by atoms with Crippen LogP contribution in [0.5, 0.6) is 17.2 Å². The van der Waals surface area contributed by atoms with E-state index in [1.54, 1.807) is 24.0 Å². The highest BCUT2D eigenvalue weighted by molar-refractivity contribution is 6.00. The second-order valence-corrected chi connectivity index (χ2v) is 6.45. The summed E-state index contributed by atoms with van der Waals surface area (Å²) in [4.78, 5) is 29.1. The van der Waals surface area contributed by atoms with Crippen LogP contribution in [0.2, 0.25) is 0 Å². The molecule has 0 bridgehead atoms. The summed E-state index contributed by atoms with van der Waals surface area (Å²) in [5.74, 6) is 0.220. The van der Waals surface area contributed by atoms with Gasteiger partial charge in [-0.3, -0.25) is 14.3 Å². The summed E-state index contributed by atoms with van der Waals surface area (Å²) in [6.07, 6.45) is 1.54. The lowest BCUT2D eigenvalue weighted by Gasteiger charge is -2.14. The highest BCUT2D eigenvalue weighted by atomic mass is 16.5. The van der Waals surface area contributed by atoms with Gasteiger partial charge in [0.25, 0.3) is 5.91 Å². The number of aryl methyl sites for hydroxylation is 2. The van der Waals surface area contributed by atoms with Crippen LogP contribution in [0.15, 0.2) is 24.4 Å². The molecule has 0 aliphatic rings. The molecule has 10 heteroatoms. The maximum absolute atomic E-state index is 12.5. The summed E-state index contributed by atoms with van der Waals surface area (Å²) in [7, 11) is 6.20. The minimum Gasteiger partial charge on any atom is -0.493 e. The molecular weight excluding hydrogens is 390 g/mol. The molecule has 0 aliphatic heterocycles. The van der Waals surface area contributed by atoms with E-state index in [0.717, 1.165) is 16.7 Å². The zero-order chi connectivity index (χ0) is 21.8. The molecule has 0 spiro atoms. The number of aromatic nitrogens is 3. The molecule has 0 radical (unpaired) electrons. The monoisotopic (exact) mass is 413 g/mol. The van der Waals surface area contributed by atoms with E-state index in [9.17, 15) is 9.59 Å². The summed E-state index contributed by atoms with van der Waals surface area (Å²) in [6, 6.07) is 4.82. The fourth-order valence-corrected chi connectivity index (χ4v) is 3.06. The number of nitrogens with one attached hydrogen (secondary N) is 2. The van der Waals surface area contributed by atoms with Gasteiger partial charge in [-0.05, 0) is 25.1 Å². The molecule has 0 unspecified atom stereocenters. The fourth-order valence-electron chi connectivity index (χ4n) is 3.06. The van der Waals surface area contributed by atoms with Crippen molar-refractivity contribution in [1.29, 1.82) is 0 Å². The largest absolute Gasteiger partial charge is 0.493 e. The van der Waals surface area contributed by atoms with Crippen molar-refractivity contribution < 1.29 is 23.8 Å². The fraction of sp³-hybridized carbons (Fsp3) is 0.300. The second kappa shape index (κ2) is 8.68. The Bertz CT molecular complexity index is 1080. The average Bonchev–Trinajstić information content (AvgIpc) is 3.03. The van der Waals surface area contributed by atoms with E-state index >= 15 is 0 Å². The maximum atomic E-state index is 12.5. The third kappa shape index (κ3) is 4.12. The van der Waals surface area contributed by atoms with Gasteiger partial charge in [0.1, 0.15) is 0 Å². The highest BCUT2D eigenvalue weighted by Gasteiger charge is 2.17. The molecule has 3 aromatic rings. The number of nitrogens with zero attached hydrogens (tertiary/aromatic N) is 3. The van der Waals surface area contributed by atoms with E-state index < -0.39 is 11.8 Å². The lowest BCUT2D eigenvalue weighted by Crippen LogP contribution is -2.32. The van der Waals surface area contributed by atoms with Crippen LogP contribution in [0.4, 0.5) is 5.69 Å². The number of ether oxygens (including phenoxy) is 3. The van der Waals surface area contributed by atoms with Crippen LogP contribution in [-0.4, -0.2) is 54.5 Å². The highest BCUT2D eigenvalue weighted by Crippen LogP contribution is 2.38. The molecule has 0 aliphatic carbocycles. The van der Waals surface area contributed by atoms with E-state index in [-0.39, 0.29) is 12.1 Å². The number of amides is 2. The summed E-state index contributed by atoms with van der Waals surface area (Å²) in [6.45, 7) is 1.65. The number of hydrogen-bond acceptors (Lipinski definition) is 7. The number of anilines is 1. The number of fused-ring (bicyclic) bond motifs is 1. The molecule has 3 rings (SSSR count). The zero-order valence-corrected chi connectivity index (χ0v) is 17.4. The first-order valence-electron chi connectivity index (χ1n) is 9.05. The summed E-state index contributed by atoms with van der Waals surface area (Å²) < 4.78 is 17.4. The third-order valence-electron chi connectivity index (χ3n) is 4.48. The second-order valence-electron chi connectivity index (χ2n) is 6.45. The molecule has 0 saturated carbocycles. The van der Waals surface area contributed by atoms with Crippen molar-refractivity contribution in [2.75, 3.05) is 33.2 Å². The van der Waals surface area contributed by atoms with Crippen molar-refractivity contribution in [2.45, 2.75) is 6.92 Å². The standard InChI is InChI=1S/C20H23N5O5/c1-11-14-8-13(9-21-19(14)25(2)24-11)23-17(26)10-22-20(27)12-6-15(28-3)18(30-5)16(7-12)29-4/h6-9H,10H2,1-5H3,(H,22,27)(H,23,26). The van der Waals surface area contributed by atoms with Crippen molar-refractivity contribution >= 4 is 28.5 Å². The average molecular weight is 413 g/mol. The molecule has 0 fully saturated rings. The maximum Gasteiger partial charge on any atom is 0.251 e. The van der Waals surface area contributed by atoms with Crippen molar-refractivity contribution in [3.05, 3.63) is 35.7 Å². The van der Waals surface area contributed by atoms with Crippen LogP contribution in [-0.2, 0) is 11.8 Å². The molecule has 2 aromatic heterocycles. The summed E-state index contributed by atoms with van der Waals surface area (Å²) in [5.41, 5.74) is 2.32. The smallest absolute Gasteiger partial charge is 0.251 e. The van der Waals surface area contributed by atoms with Gasteiger partial charge in [0.2, 0.25) is 11.7 Å². The molecule has 1 aromatic carbocycles. The van der Waals surface area contributed by atoms with E-state index in [4.69, 9.17) is 14.2 Å². The molecule has 10 nitrogen and oxygen atoms in total. The van der Waals surface area contributed by atoms with Crippen LogP contribution in [0.3, 0.4) is 0 Å². The number of carbonyl (C=O) groups excluding carboxylic acids is 2. The Balaban J connectivity index is 1.67. The van der Waals surface area contributed by atoms with Crippen LogP contribution in [0, 0.1) is 6.92 Å². The third-order valence-corrected chi connectivity index (χ3v) is 4.48. The van der Waals surface area contributed by atoms with Gasteiger partial charge >= 0.3 is 0 Å². The topological polar surface area (TPSA) is 117 Å². The van der Waals surface area contributed by atoms with Gasteiger partial charge in [-0.25, -0.2) is 4.98 Å². The normalized spacial score (nSPS) is 10.6. The number of rotatable bonds is 7. The number of pyridine rings is 1. The number of hydrogen-bond donors (Lipinski definition) is 2. The van der Waals surface area contributed by atoms with Crippen molar-refractivity contribution in [3.63, 3.8) is 0 Å². The van der Waals surface area contributed by atoms with Gasteiger partial charge in [0, 0.05) is 18.0 Å². The Labute approximate surface area is 173 Å². The molecule has 0 saturated heterocycles. The van der Waals surface area contributed by atoms with Crippen molar-refractivity contribution in [3.8, 4) is 17.2 Å². The Kier molecular flexibility index (Phi) is 6.05. The van der Waals surface area contributed by atoms with E-state index in [1.165, 1.54) is 33.5 Å². The SMILES string of the molecule is COc1cc(C(=O)NCC(=O)Nc2cnc3c(c2)c(C)nn3C)cc(OC)c1OC. The first-order chi connectivity index (χ1) is 14.4. The molecular formula is C20H23N5O5. The van der Waals surface area contributed by atoms with Gasteiger partial charge in [0.15, 0.2) is 17.1 Å². The van der Waals surface area contributed by atoms with Crippen molar-refractivity contribution in [1.82, 2.24) is 20.1 Å². The van der Waals surface area contributed by atoms with E-state index in [0.29, 0.717) is 22.9 Å². The predicted molar refractivity (Wildman–Crippen MR) is 110 cm³/mol. The van der Waals surface area contributed by atoms with E-state index in [1.807, 2.05) is 6.92 Å². The van der Waals surface area contributed by atoms with Gasteiger partial charge in [-0.1, -0.05) is 0 Å². The quantitative estimate of drug-likeness (QED) is 0.605. The van der Waals surface area contributed by atoms with Gasteiger partial charge in [0.05, 0.1) is 45.5 Å². The first kappa shape index (κ1) is 20.9. The Morgan fingerprint density at radius 3 is 2.33 bits per heavy atom. The number of methoxy groups -OCH3 is 3. The lowest BCUT2D eigenvalue weighted by atomic mass is 10.1. The van der Waals surface area contributed by atoms with E-state index in [2.05, 4.69) is 20.7 Å². The number of benzene rings is 1. The Morgan fingerprint density at radius 2 is 1.73 bits per heavy atom. The molecule has 2 heterocycles. The van der Waals surface area contributed by atoms with Crippen LogP contribution < -0.4 is 24.8 Å². The zero-order valence-electron chi connectivity index (χ0n) is 17.4. The molecule has 0 atom stereocenters. The van der Waals surface area contributed by atoms with Crippen LogP contribution in [0.1, 0.15) is 16.1 Å². The molecule has 2 N–H and O–H groups in total. The van der Waals surface area contributed by atoms with Gasteiger partial charge in [-0.2, -0.15) is 5.10 Å². The molecule has 2 amide bonds. The van der Waals surface area contributed by atoms with Crippen LogP contribution >= 0.6 is 0 Å². The molecule has 30 heavy (non-hydrogen) atoms. The lowest BCUT2D eigenvalue weighted by molar-refractivity contribution is -0.115. The van der Waals surface area contributed by atoms with Gasteiger partial charge in [-0.15, -0.1) is 0 Å². The minimum atomic E-state index is -0.457. The summed E-state index contributed by atoms with van der Waals surface area (Å²) in [5, 5.41) is 10.4. The predicted octanol–water partition coefficient (Wildman–Crippen LogP) is 1.67. The molecule has 158 valence electrons. The Hall–Kier alpha value is -3.82. The number of carbonyl (C=O) groups is 2. The Morgan fingerprint density at radius 1 is 1.07 bits per heavy atom. The van der Waals surface area contributed by atoms with Crippen molar-refractivity contribution in [2.24, 2.45) is 7.05 Å². The first-order valence-corrected chi connectivity index (χ1v) is 9.05. The van der Waals surface area contributed by atoms with Crippen LogP contribution in [0.25, 0.3) is 11.0 Å². The minimum absolute atomic E-state index is 0.223. The van der Waals surface area contributed by atoms with Gasteiger partial charge < -0.3 is 24.8 Å².